The minimum absolute atomic E-state index is 0.342. The van der Waals surface area contributed by atoms with Crippen molar-refractivity contribution in [1.82, 2.24) is 0 Å². The summed E-state index contributed by atoms with van der Waals surface area (Å²) in [4.78, 5) is 13.4. The van der Waals surface area contributed by atoms with Crippen LogP contribution >= 0.6 is 0 Å². The van der Waals surface area contributed by atoms with E-state index in [1.54, 1.807) is 6.92 Å². The maximum atomic E-state index is 11.3. The molecule has 0 heterocycles. The highest BCUT2D eigenvalue weighted by molar-refractivity contribution is 5.86. The number of ether oxygens (including phenoxy) is 1. The van der Waals surface area contributed by atoms with Gasteiger partial charge in [0.15, 0.2) is 0 Å². The largest absolute Gasteiger partial charge is 0.460 e. The number of nitrogens with zero attached hydrogens (tertiary/aromatic N) is 1. The highest BCUT2D eigenvalue weighted by Gasteiger charge is 2.07. The topological polar surface area (TPSA) is 29.5 Å². The summed E-state index contributed by atoms with van der Waals surface area (Å²) in [5.74, 6) is -0.346. The standard InChI is InChI=1S/C15H19NO2/c1-4-10-16(14-8-6-5-7-9-14)11-12-18-15(17)13(2)3/h4-9H,1-2,10-12H2,3H3. The predicted molar refractivity (Wildman–Crippen MR) is 74.6 cm³/mol. The summed E-state index contributed by atoms with van der Waals surface area (Å²) in [6.07, 6.45) is 1.83. The zero-order valence-corrected chi connectivity index (χ0v) is 10.8. The summed E-state index contributed by atoms with van der Waals surface area (Å²) in [5, 5.41) is 0. The first kappa shape index (κ1) is 14.0. The molecule has 0 saturated heterocycles. The maximum Gasteiger partial charge on any atom is 0.333 e. The third-order valence-corrected chi connectivity index (χ3v) is 2.41. The van der Waals surface area contributed by atoms with Crippen molar-refractivity contribution in [2.75, 3.05) is 24.6 Å². The van der Waals surface area contributed by atoms with Gasteiger partial charge in [0, 0.05) is 17.8 Å². The summed E-state index contributed by atoms with van der Waals surface area (Å²) in [6, 6.07) is 9.96. The second kappa shape index (κ2) is 7.33. The zero-order valence-electron chi connectivity index (χ0n) is 10.8. The van der Waals surface area contributed by atoms with Gasteiger partial charge in [-0.15, -0.1) is 6.58 Å². The van der Waals surface area contributed by atoms with Crippen LogP contribution in [0.4, 0.5) is 5.69 Å². The van der Waals surface area contributed by atoms with E-state index in [9.17, 15) is 4.79 Å². The Kier molecular flexibility index (Phi) is 5.71. The molecular formula is C15H19NO2. The first-order chi connectivity index (χ1) is 8.65. The highest BCUT2D eigenvalue weighted by atomic mass is 16.5. The van der Waals surface area contributed by atoms with Crippen LogP contribution in [0, 0.1) is 0 Å². The lowest BCUT2D eigenvalue weighted by Gasteiger charge is -2.23. The van der Waals surface area contributed by atoms with Crippen molar-refractivity contribution in [2.45, 2.75) is 6.92 Å². The molecule has 96 valence electrons. The van der Waals surface area contributed by atoms with Gasteiger partial charge in [0.25, 0.3) is 0 Å². The number of rotatable bonds is 7. The van der Waals surface area contributed by atoms with Crippen molar-refractivity contribution >= 4 is 11.7 Å². The molecule has 0 unspecified atom stereocenters. The summed E-state index contributed by atoms with van der Waals surface area (Å²) < 4.78 is 5.09. The van der Waals surface area contributed by atoms with E-state index in [0.29, 0.717) is 25.3 Å². The lowest BCUT2D eigenvalue weighted by molar-refractivity contribution is -0.138. The molecule has 0 atom stereocenters. The quantitative estimate of drug-likeness (QED) is 0.420. The van der Waals surface area contributed by atoms with E-state index < -0.39 is 0 Å². The van der Waals surface area contributed by atoms with E-state index in [0.717, 1.165) is 5.69 Å². The number of anilines is 1. The molecule has 0 spiro atoms. The number of para-hydroxylation sites is 1. The van der Waals surface area contributed by atoms with Crippen LogP contribution in [0.5, 0.6) is 0 Å². The van der Waals surface area contributed by atoms with Gasteiger partial charge in [0.2, 0.25) is 0 Å². The lowest BCUT2D eigenvalue weighted by atomic mass is 10.3. The average molecular weight is 245 g/mol. The van der Waals surface area contributed by atoms with Gasteiger partial charge < -0.3 is 9.64 Å². The van der Waals surface area contributed by atoms with Crippen molar-refractivity contribution < 1.29 is 9.53 Å². The normalized spacial score (nSPS) is 9.61. The summed E-state index contributed by atoms with van der Waals surface area (Å²) >= 11 is 0. The molecule has 0 aromatic heterocycles. The van der Waals surface area contributed by atoms with Gasteiger partial charge in [-0.2, -0.15) is 0 Å². The molecule has 3 nitrogen and oxygen atoms in total. The van der Waals surface area contributed by atoms with Gasteiger partial charge in [-0.1, -0.05) is 30.9 Å². The highest BCUT2D eigenvalue weighted by Crippen LogP contribution is 2.12. The minimum Gasteiger partial charge on any atom is -0.460 e. The van der Waals surface area contributed by atoms with E-state index >= 15 is 0 Å². The maximum absolute atomic E-state index is 11.3. The van der Waals surface area contributed by atoms with Crippen molar-refractivity contribution in [2.24, 2.45) is 0 Å². The molecule has 0 fully saturated rings. The Morgan fingerprint density at radius 1 is 1.39 bits per heavy atom. The van der Waals surface area contributed by atoms with Crippen LogP contribution in [-0.4, -0.2) is 25.7 Å². The van der Waals surface area contributed by atoms with E-state index in [1.165, 1.54) is 0 Å². The Hall–Kier alpha value is -2.03. The number of benzene rings is 1. The molecule has 0 aliphatic rings. The van der Waals surface area contributed by atoms with Gasteiger partial charge in [-0.25, -0.2) is 4.79 Å². The SMILES string of the molecule is C=CCN(CCOC(=O)C(=C)C)c1ccccc1. The smallest absolute Gasteiger partial charge is 0.333 e. The van der Waals surface area contributed by atoms with Crippen LogP contribution < -0.4 is 4.90 Å². The van der Waals surface area contributed by atoms with Gasteiger partial charge in [-0.05, 0) is 19.1 Å². The fourth-order valence-electron chi connectivity index (χ4n) is 1.49. The van der Waals surface area contributed by atoms with Crippen molar-refractivity contribution in [3.63, 3.8) is 0 Å². The zero-order chi connectivity index (χ0) is 13.4. The average Bonchev–Trinajstić information content (AvgIpc) is 2.38. The number of esters is 1. The van der Waals surface area contributed by atoms with Crippen LogP contribution in [0.3, 0.4) is 0 Å². The fourth-order valence-corrected chi connectivity index (χ4v) is 1.49. The molecular weight excluding hydrogens is 226 g/mol. The Balaban J connectivity index is 2.52. The van der Waals surface area contributed by atoms with Crippen molar-refractivity contribution in [3.05, 3.63) is 55.1 Å². The van der Waals surface area contributed by atoms with Crippen LogP contribution in [0.25, 0.3) is 0 Å². The molecule has 0 aliphatic carbocycles. The second-order valence-corrected chi connectivity index (χ2v) is 3.99. The van der Waals surface area contributed by atoms with Gasteiger partial charge in [-0.3, -0.25) is 0 Å². The third kappa shape index (κ3) is 4.45. The van der Waals surface area contributed by atoms with E-state index in [-0.39, 0.29) is 5.97 Å². The minimum atomic E-state index is -0.346. The van der Waals surface area contributed by atoms with Crippen LogP contribution in [0.15, 0.2) is 55.1 Å². The number of carbonyl (C=O) groups is 1. The van der Waals surface area contributed by atoms with E-state index in [2.05, 4.69) is 18.1 Å². The van der Waals surface area contributed by atoms with Gasteiger partial charge in [0.05, 0.1) is 6.54 Å². The van der Waals surface area contributed by atoms with E-state index in [1.807, 2.05) is 36.4 Å². The second-order valence-electron chi connectivity index (χ2n) is 3.99. The van der Waals surface area contributed by atoms with E-state index in [4.69, 9.17) is 4.74 Å². The molecule has 1 aromatic rings. The molecule has 0 amide bonds. The van der Waals surface area contributed by atoms with Crippen LogP contribution in [0.1, 0.15) is 6.92 Å². The molecule has 1 aromatic carbocycles. The Morgan fingerprint density at radius 3 is 2.61 bits per heavy atom. The van der Waals surface area contributed by atoms with Crippen molar-refractivity contribution in [1.29, 1.82) is 0 Å². The first-order valence-electron chi connectivity index (χ1n) is 5.88. The monoisotopic (exact) mass is 245 g/mol. The van der Waals surface area contributed by atoms with Crippen LogP contribution in [-0.2, 0) is 9.53 Å². The first-order valence-corrected chi connectivity index (χ1v) is 5.88. The van der Waals surface area contributed by atoms with Gasteiger partial charge >= 0.3 is 5.97 Å². The lowest BCUT2D eigenvalue weighted by Crippen LogP contribution is -2.28. The Morgan fingerprint density at radius 2 is 2.06 bits per heavy atom. The molecule has 18 heavy (non-hydrogen) atoms. The molecule has 0 N–H and O–H groups in total. The molecule has 1 rings (SSSR count). The predicted octanol–water partition coefficient (Wildman–Crippen LogP) is 2.80. The summed E-state index contributed by atoms with van der Waals surface area (Å²) in [5.41, 5.74) is 1.51. The Labute approximate surface area is 108 Å². The molecule has 0 bridgehead atoms. The van der Waals surface area contributed by atoms with Crippen LogP contribution in [0.2, 0.25) is 0 Å². The summed E-state index contributed by atoms with van der Waals surface area (Å²) in [6.45, 7) is 10.6. The fraction of sp³-hybridized carbons (Fsp3) is 0.267. The molecule has 0 saturated carbocycles. The molecule has 0 radical (unpaired) electrons. The van der Waals surface area contributed by atoms with Crippen molar-refractivity contribution in [3.8, 4) is 0 Å². The van der Waals surface area contributed by atoms with Gasteiger partial charge in [0.1, 0.15) is 6.61 Å². The third-order valence-electron chi connectivity index (χ3n) is 2.41. The molecule has 0 aliphatic heterocycles. The number of hydrogen-bond acceptors (Lipinski definition) is 3. The Bertz CT molecular complexity index is 412. The molecule has 3 heteroatoms. The summed E-state index contributed by atoms with van der Waals surface area (Å²) in [7, 11) is 0. The number of carbonyl (C=O) groups excluding carboxylic acids is 1. The number of hydrogen-bond donors (Lipinski definition) is 0.